The third kappa shape index (κ3) is 2.51. The lowest BCUT2D eigenvalue weighted by molar-refractivity contribution is -0.148. The quantitative estimate of drug-likeness (QED) is 0.774. The molecule has 2 atom stereocenters. The number of rotatable bonds is 3. The number of nitrogens with zero attached hydrogens (tertiary/aromatic N) is 1. The lowest BCUT2D eigenvalue weighted by atomic mass is 9.79. The predicted molar refractivity (Wildman–Crippen MR) is 58.7 cm³/mol. The predicted octanol–water partition coefficient (Wildman–Crippen LogP) is 1.83. The van der Waals surface area contributed by atoms with Gasteiger partial charge in [0.05, 0.1) is 5.92 Å². The van der Waals surface area contributed by atoms with E-state index in [4.69, 9.17) is 5.11 Å². The first-order valence-corrected chi connectivity index (χ1v) is 6.12. The molecule has 0 aromatic rings. The maximum atomic E-state index is 10.7. The van der Waals surface area contributed by atoms with Gasteiger partial charge in [-0.25, -0.2) is 0 Å². The van der Waals surface area contributed by atoms with Crippen LogP contribution in [0.5, 0.6) is 0 Å². The number of carboxylic acids is 1. The van der Waals surface area contributed by atoms with E-state index >= 15 is 0 Å². The summed E-state index contributed by atoms with van der Waals surface area (Å²) in [4.78, 5) is 13.0. The van der Waals surface area contributed by atoms with Gasteiger partial charge in [-0.15, -0.1) is 0 Å². The van der Waals surface area contributed by atoms with E-state index < -0.39 is 5.97 Å². The van der Waals surface area contributed by atoms with Gasteiger partial charge < -0.3 is 10.0 Å². The summed E-state index contributed by atoms with van der Waals surface area (Å²) in [5, 5.41) is 8.78. The standard InChI is InChI=1S/C12H21NO2/c1-9-4-2-3-5-10(9)6-13-7-11(8-13)12(14)15/h9-11H,2-8H2,1H3,(H,14,15). The van der Waals surface area contributed by atoms with Crippen molar-refractivity contribution in [3.8, 4) is 0 Å². The molecule has 0 aromatic heterocycles. The second-order valence-corrected chi connectivity index (χ2v) is 5.28. The second kappa shape index (κ2) is 4.52. The van der Waals surface area contributed by atoms with Crippen LogP contribution in [0.25, 0.3) is 0 Å². The van der Waals surface area contributed by atoms with Crippen molar-refractivity contribution in [1.82, 2.24) is 4.90 Å². The monoisotopic (exact) mass is 211 g/mol. The molecule has 0 spiro atoms. The van der Waals surface area contributed by atoms with Crippen LogP contribution in [0.2, 0.25) is 0 Å². The maximum Gasteiger partial charge on any atom is 0.309 e. The molecule has 15 heavy (non-hydrogen) atoms. The molecule has 1 N–H and O–H groups in total. The molecular formula is C12H21NO2. The molecule has 3 heteroatoms. The number of hydrogen-bond donors (Lipinski definition) is 1. The fourth-order valence-electron chi connectivity index (χ4n) is 2.87. The van der Waals surface area contributed by atoms with Gasteiger partial charge in [-0.1, -0.05) is 26.2 Å². The van der Waals surface area contributed by atoms with Crippen molar-refractivity contribution in [1.29, 1.82) is 0 Å². The van der Waals surface area contributed by atoms with E-state index in [1.165, 1.54) is 25.7 Å². The molecule has 1 heterocycles. The highest BCUT2D eigenvalue weighted by atomic mass is 16.4. The van der Waals surface area contributed by atoms with Crippen LogP contribution >= 0.6 is 0 Å². The number of carbonyl (C=O) groups is 1. The zero-order valence-corrected chi connectivity index (χ0v) is 9.48. The Bertz CT molecular complexity index is 236. The van der Waals surface area contributed by atoms with Gasteiger partial charge in [0.25, 0.3) is 0 Å². The van der Waals surface area contributed by atoms with Crippen LogP contribution in [0.1, 0.15) is 32.6 Å². The summed E-state index contributed by atoms with van der Waals surface area (Å²) in [6.07, 6.45) is 5.46. The number of carboxylic acid groups (broad SMARTS) is 1. The van der Waals surface area contributed by atoms with E-state index in [1.54, 1.807) is 0 Å². The molecule has 86 valence electrons. The number of hydrogen-bond acceptors (Lipinski definition) is 2. The van der Waals surface area contributed by atoms with Gasteiger partial charge in [0, 0.05) is 19.6 Å². The highest BCUT2D eigenvalue weighted by molar-refractivity contribution is 5.71. The Hall–Kier alpha value is -0.570. The van der Waals surface area contributed by atoms with E-state index in [0.717, 1.165) is 31.5 Å². The van der Waals surface area contributed by atoms with E-state index in [2.05, 4.69) is 11.8 Å². The average molecular weight is 211 g/mol. The molecule has 2 rings (SSSR count). The van der Waals surface area contributed by atoms with E-state index in [1.807, 2.05) is 0 Å². The molecule has 1 aliphatic carbocycles. The van der Waals surface area contributed by atoms with Crippen LogP contribution in [-0.2, 0) is 4.79 Å². The molecule has 1 saturated heterocycles. The first-order valence-electron chi connectivity index (χ1n) is 6.12. The first kappa shape index (κ1) is 10.9. The van der Waals surface area contributed by atoms with Crippen LogP contribution in [0.15, 0.2) is 0 Å². The molecule has 0 radical (unpaired) electrons. The van der Waals surface area contributed by atoms with Gasteiger partial charge in [-0.2, -0.15) is 0 Å². The van der Waals surface area contributed by atoms with Crippen molar-refractivity contribution in [3.05, 3.63) is 0 Å². The summed E-state index contributed by atoms with van der Waals surface area (Å²) in [7, 11) is 0. The molecule has 0 amide bonds. The van der Waals surface area contributed by atoms with Crippen molar-refractivity contribution >= 4 is 5.97 Å². The van der Waals surface area contributed by atoms with E-state index in [-0.39, 0.29) is 5.92 Å². The third-order valence-corrected chi connectivity index (χ3v) is 4.09. The molecule has 0 bridgehead atoms. The van der Waals surface area contributed by atoms with Crippen molar-refractivity contribution in [2.75, 3.05) is 19.6 Å². The molecule has 2 fully saturated rings. The SMILES string of the molecule is CC1CCCCC1CN1CC(C(=O)O)C1. The molecule has 3 nitrogen and oxygen atoms in total. The van der Waals surface area contributed by atoms with Crippen LogP contribution in [0, 0.1) is 17.8 Å². The summed E-state index contributed by atoms with van der Waals surface area (Å²) in [5.41, 5.74) is 0. The topological polar surface area (TPSA) is 40.5 Å². The summed E-state index contributed by atoms with van der Waals surface area (Å²) in [6, 6.07) is 0. The molecule has 1 saturated carbocycles. The van der Waals surface area contributed by atoms with Gasteiger partial charge in [0.15, 0.2) is 0 Å². The largest absolute Gasteiger partial charge is 0.481 e. The highest BCUT2D eigenvalue weighted by Crippen LogP contribution is 2.31. The Kier molecular flexibility index (Phi) is 3.29. The third-order valence-electron chi connectivity index (χ3n) is 4.09. The lowest BCUT2D eigenvalue weighted by Crippen LogP contribution is -2.52. The summed E-state index contributed by atoms with van der Waals surface area (Å²) < 4.78 is 0. The number of aliphatic carboxylic acids is 1. The van der Waals surface area contributed by atoms with Crippen molar-refractivity contribution < 1.29 is 9.90 Å². The zero-order valence-electron chi connectivity index (χ0n) is 9.48. The molecular weight excluding hydrogens is 190 g/mol. The van der Waals surface area contributed by atoms with E-state index in [0.29, 0.717) is 0 Å². The first-order chi connectivity index (χ1) is 7.16. The smallest absolute Gasteiger partial charge is 0.309 e. The Labute approximate surface area is 91.5 Å². The van der Waals surface area contributed by atoms with Crippen molar-refractivity contribution in [3.63, 3.8) is 0 Å². The van der Waals surface area contributed by atoms with Crippen molar-refractivity contribution in [2.45, 2.75) is 32.6 Å². The summed E-state index contributed by atoms with van der Waals surface area (Å²) >= 11 is 0. The van der Waals surface area contributed by atoms with Gasteiger partial charge in [-0.3, -0.25) is 4.79 Å². The minimum Gasteiger partial charge on any atom is -0.481 e. The van der Waals surface area contributed by atoms with Crippen LogP contribution in [0.3, 0.4) is 0 Å². The zero-order chi connectivity index (χ0) is 10.8. The molecule has 1 aliphatic heterocycles. The van der Waals surface area contributed by atoms with Gasteiger partial charge in [0.2, 0.25) is 0 Å². The Morgan fingerprint density at radius 3 is 2.60 bits per heavy atom. The molecule has 2 unspecified atom stereocenters. The maximum absolute atomic E-state index is 10.7. The highest BCUT2D eigenvalue weighted by Gasteiger charge is 2.34. The number of likely N-dealkylation sites (tertiary alicyclic amines) is 1. The van der Waals surface area contributed by atoms with Crippen molar-refractivity contribution in [2.24, 2.45) is 17.8 Å². The van der Waals surface area contributed by atoms with Crippen LogP contribution < -0.4 is 0 Å². The fraction of sp³-hybridized carbons (Fsp3) is 0.917. The Balaban J connectivity index is 1.72. The second-order valence-electron chi connectivity index (χ2n) is 5.28. The normalized spacial score (nSPS) is 33.7. The Morgan fingerprint density at radius 1 is 1.33 bits per heavy atom. The van der Waals surface area contributed by atoms with Crippen LogP contribution in [0.4, 0.5) is 0 Å². The minimum absolute atomic E-state index is 0.0936. The Morgan fingerprint density at radius 2 is 2.00 bits per heavy atom. The molecule has 2 aliphatic rings. The summed E-state index contributed by atoms with van der Waals surface area (Å²) in [5.74, 6) is 0.933. The van der Waals surface area contributed by atoms with Gasteiger partial charge in [0.1, 0.15) is 0 Å². The minimum atomic E-state index is -0.622. The average Bonchev–Trinajstić information content (AvgIpc) is 2.12. The fourth-order valence-corrected chi connectivity index (χ4v) is 2.87. The molecule has 0 aromatic carbocycles. The van der Waals surface area contributed by atoms with Gasteiger partial charge >= 0.3 is 5.97 Å². The lowest BCUT2D eigenvalue weighted by Gasteiger charge is -2.41. The summed E-state index contributed by atoms with van der Waals surface area (Å²) in [6.45, 7) is 5.03. The van der Waals surface area contributed by atoms with E-state index in [9.17, 15) is 4.79 Å². The van der Waals surface area contributed by atoms with Crippen LogP contribution in [-0.4, -0.2) is 35.6 Å². The van der Waals surface area contributed by atoms with Gasteiger partial charge in [-0.05, 0) is 18.3 Å².